The molecule has 1 heterocycles. The number of benzene rings is 1. The third kappa shape index (κ3) is 3.49. The third-order valence-corrected chi connectivity index (χ3v) is 3.69. The Kier molecular flexibility index (Phi) is 4.49. The summed E-state index contributed by atoms with van der Waals surface area (Å²) in [6.45, 7) is 0. The number of nitrogens with zero attached hydrogens (tertiary/aromatic N) is 1. The van der Waals surface area contributed by atoms with Crippen molar-refractivity contribution >= 4 is 63.2 Å². The first kappa shape index (κ1) is 14.4. The Morgan fingerprint density at radius 1 is 1.26 bits per heavy atom. The summed E-state index contributed by atoms with van der Waals surface area (Å²) in [5, 5.41) is 3.56. The van der Waals surface area contributed by atoms with E-state index < -0.39 is 5.91 Å². The van der Waals surface area contributed by atoms with Crippen molar-refractivity contribution < 1.29 is 4.79 Å². The highest BCUT2D eigenvalue weighted by atomic mass is 127. The van der Waals surface area contributed by atoms with Crippen molar-refractivity contribution in [2.24, 2.45) is 0 Å². The lowest BCUT2D eigenvalue weighted by Gasteiger charge is -2.08. The van der Waals surface area contributed by atoms with Crippen LogP contribution in [0.1, 0.15) is 10.5 Å². The molecule has 1 aromatic heterocycles. The van der Waals surface area contributed by atoms with E-state index >= 15 is 0 Å². The number of nitrogen functional groups attached to an aromatic ring is 1. The lowest BCUT2D eigenvalue weighted by Crippen LogP contribution is -2.15. The molecular formula is C12H8Cl2IN3O. The highest BCUT2D eigenvalue weighted by molar-refractivity contribution is 14.1. The van der Waals surface area contributed by atoms with Crippen molar-refractivity contribution in [1.29, 1.82) is 0 Å². The molecule has 0 radical (unpaired) electrons. The predicted octanol–water partition coefficient (Wildman–Crippen LogP) is 3.83. The van der Waals surface area contributed by atoms with Crippen LogP contribution in [-0.4, -0.2) is 10.9 Å². The van der Waals surface area contributed by atoms with Crippen LogP contribution in [0.4, 0.5) is 11.5 Å². The molecule has 0 aliphatic carbocycles. The molecular weight excluding hydrogens is 400 g/mol. The van der Waals surface area contributed by atoms with Crippen molar-refractivity contribution in [3.8, 4) is 0 Å². The van der Waals surface area contributed by atoms with E-state index in [1.807, 2.05) is 0 Å². The van der Waals surface area contributed by atoms with Gasteiger partial charge in [-0.15, -0.1) is 0 Å². The lowest BCUT2D eigenvalue weighted by atomic mass is 10.3. The summed E-state index contributed by atoms with van der Waals surface area (Å²) in [6, 6.07) is 8.21. The number of anilines is 2. The molecule has 0 fully saturated rings. The van der Waals surface area contributed by atoms with Crippen LogP contribution in [0.5, 0.6) is 0 Å². The minimum absolute atomic E-state index is 0.0902. The van der Waals surface area contributed by atoms with Gasteiger partial charge in [-0.25, -0.2) is 4.98 Å². The van der Waals surface area contributed by atoms with Gasteiger partial charge in [-0.1, -0.05) is 23.2 Å². The molecule has 0 aliphatic rings. The van der Waals surface area contributed by atoms with Crippen LogP contribution < -0.4 is 11.1 Å². The van der Waals surface area contributed by atoms with Gasteiger partial charge < -0.3 is 11.1 Å². The fourth-order valence-electron chi connectivity index (χ4n) is 1.39. The topological polar surface area (TPSA) is 68.0 Å². The zero-order chi connectivity index (χ0) is 14.0. The quantitative estimate of drug-likeness (QED) is 0.743. The van der Waals surface area contributed by atoms with Crippen LogP contribution in [0.25, 0.3) is 0 Å². The average Bonchev–Trinajstić information content (AvgIpc) is 2.35. The molecule has 0 bridgehead atoms. The highest BCUT2D eigenvalue weighted by Gasteiger charge is 2.14. The monoisotopic (exact) mass is 407 g/mol. The van der Waals surface area contributed by atoms with Gasteiger partial charge in [0.1, 0.15) is 11.5 Å². The zero-order valence-corrected chi connectivity index (χ0v) is 13.1. The maximum atomic E-state index is 12.1. The molecule has 0 saturated carbocycles. The van der Waals surface area contributed by atoms with Gasteiger partial charge in [0.25, 0.3) is 5.91 Å². The van der Waals surface area contributed by atoms with Crippen LogP contribution in [0.3, 0.4) is 0 Å². The Balaban J connectivity index is 2.28. The fourth-order valence-corrected chi connectivity index (χ4v) is 2.59. The van der Waals surface area contributed by atoms with Gasteiger partial charge in [-0.2, -0.15) is 0 Å². The van der Waals surface area contributed by atoms with Crippen LogP contribution in [0.15, 0.2) is 30.3 Å². The number of hydrogen-bond donors (Lipinski definition) is 2. The normalized spacial score (nSPS) is 10.3. The number of aromatic nitrogens is 1. The minimum Gasteiger partial charge on any atom is -0.384 e. The second kappa shape index (κ2) is 5.94. The SMILES string of the molecule is Nc1ccc(Cl)c(C(=O)Nc2ccc(Cl)cc2I)n1. The van der Waals surface area contributed by atoms with Gasteiger partial charge in [-0.05, 0) is 52.9 Å². The standard InChI is InChI=1S/C12H8Cl2IN3O/c13-6-1-3-9(8(15)5-6)17-12(19)11-7(14)2-4-10(16)18-11/h1-5H,(H2,16,18)(H,17,19). The van der Waals surface area contributed by atoms with E-state index in [0.717, 1.165) is 3.57 Å². The predicted molar refractivity (Wildman–Crippen MR) is 85.8 cm³/mol. The van der Waals surface area contributed by atoms with Crippen LogP contribution in [-0.2, 0) is 0 Å². The van der Waals surface area contributed by atoms with E-state index in [1.54, 1.807) is 18.2 Å². The number of rotatable bonds is 2. The Morgan fingerprint density at radius 3 is 2.68 bits per heavy atom. The largest absolute Gasteiger partial charge is 0.384 e. The number of hydrogen-bond acceptors (Lipinski definition) is 3. The molecule has 19 heavy (non-hydrogen) atoms. The van der Waals surface area contributed by atoms with E-state index in [-0.39, 0.29) is 16.5 Å². The fraction of sp³-hybridized carbons (Fsp3) is 0. The second-order valence-corrected chi connectivity index (χ2v) is 5.65. The summed E-state index contributed by atoms with van der Waals surface area (Å²) < 4.78 is 0.818. The molecule has 98 valence electrons. The molecule has 7 heteroatoms. The Labute approximate surface area is 133 Å². The van der Waals surface area contributed by atoms with Gasteiger partial charge >= 0.3 is 0 Å². The average molecular weight is 408 g/mol. The summed E-state index contributed by atoms with van der Waals surface area (Å²) in [5.74, 6) is -0.183. The van der Waals surface area contributed by atoms with E-state index in [1.165, 1.54) is 12.1 Å². The van der Waals surface area contributed by atoms with Crippen molar-refractivity contribution in [2.45, 2.75) is 0 Å². The molecule has 0 saturated heterocycles. The second-order valence-electron chi connectivity index (χ2n) is 3.64. The van der Waals surface area contributed by atoms with Crippen LogP contribution in [0, 0.1) is 3.57 Å². The summed E-state index contributed by atoms with van der Waals surface area (Å²) in [7, 11) is 0. The van der Waals surface area contributed by atoms with E-state index in [4.69, 9.17) is 28.9 Å². The van der Waals surface area contributed by atoms with Gasteiger partial charge in [0.05, 0.1) is 10.7 Å². The maximum Gasteiger partial charge on any atom is 0.275 e. The van der Waals surface area contributed by atoms with Crippen LogP contribution in [0.2, 0.25) is 10.0 Å². The molecule has 2 aromatic rings. The molecule has 0 atom stereocenters. The van der Waals surface area contributed by atoms with E-state index in [2.05, 4.69) is 32.9 Å². The molecule has 4 nitrogen and oxygen atoms in total. The maximum absolute atomic E-state index is 12.1. The summed E-state index contributed by atoms with van der Waals surface area (Å²) >= 11 is 13.8. The summed E-state index contributed by atoms with van der Waals surface area (Å²) in [4.78, 5) is 16.0. The first-order valence-electron chi connectivity index (χ1n) is 5.16. The van der Waals surface area contributed by atoms with Gasteiger partial charge in [0, 0.05) is 8.59 Å². The molecule has 0 aliphatic heterocycles. The molecule has 1 amide bonds. The lowest BCUT2D eigenvalue weighted by molar-refractivity contribution is 0.102. The number of carbonyl (C=O) groups is 1. The van der Waals surface area contributed by atoms with E-state index in [0.29, 0.717) is 10.7 Å². The number of nitrogens with two attached hydrogens (primary N) is 1. The molecule has 0 spiro atoms. The van der Waals surface area contributed by atoms with E-state index in [9.17, 15) is 4.79 Å². The third-order valence-electron chi connectivity index (χ3n) is 2.26. The minimum atomic E-state index is -0.419. The van der Waals surface area contributed by atoms with Crippen molar-refractivity contribution in [2.75, 3.05) is 11.1 Å². The first-order chi connectivity index (χ1) is 8.97. The number of carbonyl (C=O) groups excluding carboxylic acids is 1. The highest BCUT2D eigenvalue weighted by Crippen LogP contribution is 2.24. The Morgan fingerprint density at radius 2 is 2.00 bits per heavy atom. The number of halogens is 3. The van der Waals surface area contributed by atoms with Gasteiger partial charge in [0.2, 0.25) is 0 Å². The number of amides is 1. The van der Waals surface area contributed by atoms with Gasteiger partial charge in [-0.3, -0.25) is 4.79 Å². The van der Waals surface area contributed by atoms with Crippen molar-refractivity contribution in [1.82, 2.24) is 4.98 Å². The molecule has 0 unspecified atom stereocenters. The van der Waals surface area contributed by atoms with Crippen molar-refractivity contribution in [3.63, 3.8) is 0 Å². The number of pyridine rings is 1. The Hall–Kier alpha value is -1.05. The molecule has 3 N–H and O–H groups in total. The molecule has 2 rings (SSSR count). The summed E-state index contributed by atoms with van der Waals surface area (Å²) in [6.07, 6.45) is 0. The molecule has 1 aromatic carbocycles. The van der Waals surface area contributed by atoms with Gasteiger partial charge in [0.15, 0.2) is 0 Å². The first-order valence-corrected chi connectivity index (χ1v) is 6.99. The summed E-state index contributed by atoms with van der Waals surface area (Å²) in [5.41, 5.74) is 6.26. The van der Waals surface area contributed by atoms with Crippen molar-refractivity contribution in [3.05, 3.63) is 49.6 Å². The number of nitrogens with one attached hydrogen (secondary N) is 1. The Bertz CT molecular complexity index is 649. The van der Waals surface area contributed by atoms with Crippen LogP contribution >= 0.6 is 45.8 Å². The zero-order valence-electron chi connectivity index (χ0n) is 9.45. The smallest absolute Gasteiger partial charge is 0.275 e.